The van der Waals surface area contributed by atoms with Gasteiger partial charge in [0, 0.05) is 29.7 Å². The van der Waals surface area contributed by atoms with E-state index in [4.69, 9.17) is 0 Å². The molecular formula is C16H20N2O. The molecule has 1 heterocycles. The average molecular weight is 256 g/mol. The number of rotatable bonds is 4. The minimum absolute atomic E-state index is 0.0152. The second kappa shape index (κ2) is 5.31. The monoisotopic (exact) mass is 256 g/mol. The van der Waals surface area contributed by atoms with Crippen molar-refractivity contribution in [3.05, 3.63) is 42.1 Å². The van der Waals surface area contributed by atoms with Crippen LogP contribution in [0.2, 0.25) is 0 Å². The fraction of sp³-hybridized carbons (Fsp3) is 0.312. The zero-order valence-electron chi connectivity index (χ0n) is 11.7. The van der Waals surface area contributed by atoms with Crippen LogP contribution in [0.25, 0.3) is 17.0 Å². The van der Waals surface area contributed by atoms with Crippen molar-refractivity contribution in [3.63, 3.8) is 0 Å². The first-order valence-electron chi connectivity index (χ1n) is 6.63. The molecule has 0 fully saturated rings. The number of benzene rings is 1. The van der Waals surface area contributed by atoms with E-state index >= 15 is 0 Å². The van der Waals surface area contributed by atoms with Gasteiger partial charge in [-0.1, -0.05) is 24.8 Å². The number of carbonyl (C=O) groups is 1. The van der Waals surface area contributed by atoms with E-state index in [0.717, 1.165) is 28.6 Å². The minimum atomic E-state index is -0.0152. The number of aryl methyl sites for hydroxylation is 1. The number of hydrogen-bond acceptors (Lipinski definition) is 1. The number of nitrogens with one attached hydrogen (secondary N) is 1. The molecule has 100 valence electrons. The highest BCUT2D eigenvalue weighted by Crippen LogP contribution is 2.23. The summed E-state index contributed by atoms with van der Waals surface area (Å²) in [6.07, 6.45) is 3.75. The van der Waals surface area contributed by atoms with Gasteiger partial charge in [0.1, 0.15) is 0 Å². The summed E-state index contributed by atoms with van der Waals surface area (Å²) < 4.78 is 2.09. The van der Waals surface area contributed by atoms with E-state index in [1.54, 1.807) is 0 Å². The highest BCUT2D eigenvalue weighted by molar-refractivity contribution is 6.07. The van der Waals surface area contributed by atoms with E-state index in [0.29, 0.717) is 0 Å². The third-order valence-corrected chi connectivity index (χ3v) is 3.15. The lowest BCUT2D eigenvalue weighted by molar-refractivity contribution is 0.0944. The van der Waals surface area contributed by atoms with Crippen LogP contribution in [0.3, 0.4) is 0 Å². The molecule has 2 rings (SSSR count). The minimum Gasteiger partial charge on any atom is -0.350 e. The molecule has 0 saturated carbocycles. The molecule has 0 aliphatic rings. The van der Waals surface area contributed by atoms with Crippen LogP contribution in [0.4, 0.5) is 0 Å². The number of hydrogen-bond donors (Lipinski definition) is 1. The quantitative estimate of drug-likeness (QED) is 0.893. The van der Waals surface area contributed by atoms with Crippen LogP contribution in [0.1, 0.15) is 36.7 Å². The van der Waals surface area contributed by atoms with Crippen LogP contribution in [-0.4, -0.2) is 16.5 Å². The van der Waals surface area contributed by atoms with Crippen molar-refractivity contribution in [2.24, 2.45) is 0 Å². The van der Waals surface area contributed by atoms with E-state index in [1.165, 1.54) is 0 Å². The molecule has 1 amide bonds. The number of nitrogens with zero attached hydrogens (tertiary/aromatic N) is 1. The number of amides is 1. The van der Waals surface area contributed by atoms with Crippen LogP contribution in [0, 0.1) is 0 Å². The highest BCUT2D eigenvalue weighted by atomic mass is 16.1. The van der Waals surface area contributed by atoms with Gasteiger partial charge in [0.05, 0.1) is 5.56 Å². The second-order valence-electron chi connectivity index (χ2n) is 4.94. The zero-order valence-corrected chi connectivity index (χ0v) is 11.7. The molecule has 0 bridgehead atoms. The molecule has 2 aromatic rings. The predicted octanol–water partition coefficient (Wildman–Crippen LogP) is 3.44. The fourth-order valence-electron chi connectivity index (χ4n) is 2.22. The summed E-state index contributed by atoms with van der Waals surface area (Å²) in [4.78, 5) is 12.2. The summed E-state index contributed by atoms with van der Waals surface area (Å²) in [7, 11) is 0. The lowest BCUT2D eigenvalue weighted by Crippen LogP contribution is -2.29. The molecule has 0 aliphatic carbocycles. The van der Waals surface area contributed by atoms with Gasteiger partial charge in [-0.2, -0.15) is 0 Å². The van der Waals surface area contributed by atoms with E-state index < -0.39 is 0 Å². The maximum absolute atomic E-state index is 12.2. The second-order valence-corrected chi connectivity index (χ2v) is 4.94. The Morgan fingerprint density at radius 3 is 2.79 bits per heavy atom. The topological polar surface area (TPSA) is 34.0 Å². The standard InChI is InChI=1S/C16H20N2O/c1-5-12-7-8-13-14(16(19)17-11(3)4)10-18(6-2)15(13)9-12/h5,7-11H,1,6H2,2-4H3,(H,17,19). The van der Waals surface area contributed by atoms with Gasteiger partial charge in [0.15, 0.2) is 0 Å². The molecule has 3 heteroatoms. The van der Waals surface area contributed by atoms with Crippen molar-refractivity contribution in [1.29, 1.82) is 0 Å². The summed E-state index contributed by atoms with van der Waals surface area (Å²) in [5, 5.41) is 3.94. The Hall–Kier alpha value is -2.03. The van der Waals surface area contributed by atoms with E-state index in [1.807, 2.05) is 38.3 Å². The largest absolute Gasteiger partial charge is 0.350 e. The Balaban J connectivity index is 2.56. The van der Waals surface area contributed by atoms with Crippen molar-refractivity contribution in [2.45, 2.75) is 33.4 Å². The van der Waals surface area contributed by atoms with Crippen LogP contribution in [-0.2, 0) is 6.54 Å². The van der Waals surface area contributed by atoms with E-state index in [-0.39, 0.29) is 11.9 Å². The maximum Gasteiger partial charge on any atom is 0.253 e. The van der Waals surface area contributed by atoms with E-state index in [2.05, 4.69) is 29.5 Å². The summed E-state index contributed by atoms with van der Waals surface area (Å²) in [5.74, 6) is -0.0152. The molecule has 1 N–H and O–H groups in total. The molecule has 19 heavy (non-hydrogen) atoms. The number of aromatic nitrogens is 1. The Kier molecular flexibility index (Phi) is 3.74. The van der Waals surface area contributed by atoms with Crippen LogP contribution in [0.5, 0.6) is 0 Å². The molecule has 1 aromatic carbocycles. The van der Waals surface area contributed by atoms with Gasteiger partial charge in [-0.05, 0) is 32.4 Å². The Morgan fingerprint density at radius 2 is 2.21 bits per heavy atom. The molecule has 0 spiro atoms. The van der Waals surface area contributed by atoms with Gasteiger partial charge in [0.25, 0.3) is 5.91 Å². The Bertz CT molecular complexity index is 623. The van der Waals surface area contributed by atoms with Crippen molar-refractivity contribution in [1.82, 2.24) is 9.88 Å². The molecule has 3 nitrogen and oxygen atoms in total. The van der Waals surface area contributed by atoms with Crippen LogP contribution < -0.4 is 5.32 Å². The first-order chi connectivity index (χ1) is 9.06. The average Bonchev–Trinajstić information content (AvgIpc) is 2.75. The highest BCUT2D eigenvalue weighted by Gasteiger charge is 2.15. The van der Waals surface area contributed by atoms with Gasteiger partial charge >= 0.3 is 0 Å². The maximum atomic E-state index is 12.2. The molecule has 0 saturated heterocycles. The molecule has 0 unspecified atom stereocenters. The summed E-state index contributed by atoms with van der Waals surface area (Å²) in [6.45, 7) is 10.6. The van der Waals surface area contributed by atoms with Gasteiger partial charge in [-0.15, -0.1) is 0 Å². The summed E-state index contributed by atoms with van der Waals surface area (Å²) >= 11 is 0. The van der Waals surface area contributed by atoms with Gasteiger partial charge in [0.2, 0.25) is 0 Å². The molecule has 0 radical (unpaired) electrons. The molecule has 0 aliphatic heterocycles. The van der Waals surface area contributed by atoms with Gasteiger partial charge in [-0.25, -0.2) is 0 Å². The Morgan fingerprint density at radius 1 is 1.47 bits per heavy atom. The van der Waals surface area contributed by atoms with Crippen LogP contribution >= 0.6 is 0 Å². The van der Waals surface area contributed by atoms with Crippen molar-refractivity contribution in [2.75, 3.05) is 0 Å². The predicted molar refractivity (Wildman–Crippen MR) is 80.3 cm³/mol. The molecule has 1 aromatic heterocycles. The molecular weight excluding hydrogens is 236 g/mol. The number of carbonyl (C=O) groups excluding carboxylic acids is 1. The molecule has 0 atom stereocenters. The lowest BCUT2D eigenvalue weighted by Gasteiger charge is -2.07. The Labute approximate surface area is 113 Å². The van der Waals surface area contributed by atoms with Gasteiger partial charge in [-0.3, -0.25) is 4.79 Å². The third kappa shape index (κ3) is 2.55. The van der Waals surface area contributed by atoms with Crippen molar-refractivity contribution < 1.29 is 4.79 Å². The van der Waals surface area contributed by atoms with Crippen LogP contribution in [0.15, 0.2) is 31.0 Å². The van der Waals surface area contributed by atoms with E-state index in [9.17, 15) is 4.79 Å². The smallest absolute Gasteiger partial charge is 0.253 e. The zero-order chi connectivity index (χ0) is 14.0. The first-order valence-corrected chi connectivity index (χ1v) is 6.63. The van der Waals surface area contributed by atoms with Crippen molar-refractivity contribution >= 4 is 22.9 Å². The van der Waals surface area contributed by atoms with Crippen molar-refractivity contribution in [3.8, 4) is 0 Å². The lowest BCUT2D eigenvalue weighted by atomic mass is 10.1. The third-order valence-electron chi connectivity index (χ3n) is 3.15. The first kappa shape index (κ1) is 13.4. The summed E-state index contributed by atoms with van der Waals surface area (Å²) in [6, 6.07) is 6.19. The van der Waals surface area contributed by atoms with Gasteiger partial charge < -0.3 is 9.88 Å². The fourth-order valence-corrected chi connectivity index (χ4v) is 2.22. The number of fused-ring (bicyclic) bond motifs is 1. The SMILES string of the molecule is C=Cc1ccc2c(C(=O)NC(C)C)cn(CC)c2c1. The summed E-state index contributed by atoms with van der Waals surface area (Å²) in [5.41, 5.74) is 2.88. The normalized spacial score (nSPS) is 10.9.